The molecule has 1 rings (SSSR count). The molecule has 0 aromatic carbocycles. The van der Waals surface area contributed by atoms with Crippen molar-refractivity contribution in [2.75, 3.05) is 0 Å². The van der Waals surface area contributed by atoms with Gasteiger partial charge in [0.1, 0.15) is 5.78 Å². The molecule has 0 fully saturated rings. The second-order valence-electron chi connectivity index (χ2n) is 2.72. The molecule has 0 aromatic heterocycles. The summed E-state index contributed by atoms with van der Waals surface area (Å²) < 4.78 is 0. The third-order valence-corrected chi connectivity index (χ3v) is 2.06. The molecule has 1 unspecified atom stereocenters. The summed E-state index contributed by atoms with van der Waals surface area (Å²) >= 11 is 0. The van der Waals surface area contributed by atoms with Crippen LogP contribution in [0.5, 0.6) is 0 Å². The van der Waals surface area contributed by atoms with E-state index in [1.54, 1.807) is 0 Å². The summed E-state index contributed by atoms with van der Waals surface area (Å²) in [6.07, 6.45) is 4.15. The number of hydrogen-bond donors (Lipinski definition) is 0. The summed E-state index contributed by atoms with van der Waals surface area (Å²) in [5.41, 5.74) is 0.678. The molecule has 0 bridgehead atoms. The highest BCUT2D eigenvalue weighted by atomic mass is 16.1. The fourth-order valence-corrected chi connectivity index (χ4v) is 1.41. The molecule has 0 spiro atoms. The van der Waals surface area contributed by atoms with Gasteiger partial charge in [-0.2, -0.15) is 5.26 Å². The summed E-state index contributed by atoms with van der Waals surface area (Å²) in [5.74, 6) is 0.125. The molecule has 1 aliphatic rings. The first-order chi connectivity index (χ1) is 5.29. The van der Waals surface area contributed by atoms with Crippen molar-refractivity contribution in [3.8, 4) is 6.07 Å². The van der Waals surface area contributed by atoms with Crippen molar-refractivity contribution in [1.82, 2.24) is 0 Å². The Labute approximate surface area is 66.5 Å². The van der Waals surface area contributed by atoms with Crippen LogP contribution in [0.4, 0.5) is 0 Å². The van der Waals surface area contributed by atoms with Gasteiger partial charge < -0.3 is 0 Å². The van der Waals surface area contributed by atoms with E-state index >= 15 is 0 Å². The van der Waals surface area contributed by atoms with Crippen molar-refractivity contribution in [3.05, 3.63) is 11.6 Å². The van der Waals surface area contributed by atoms with Gasteiger partial charge in [0.15, 0.2) is 0 Å². The van der Waals surface area contributed by atoms with Gasteiger partial charge in [0.05, 0.1) is 12.0 Å². The van der Waals surface area contributed by atoms with Crippen LogP contribution in [0.3, 0.4) is 0 Å². The minimum absolute atomic E-state index is 0.0787. The molecule has 2 heteroatoms. The van der Waals surface area contributed by atoms with Gasteiger partial charge in [-0.05, 0) is 12.8 Å². The maximum Gasteiger partial charge on any atom is 0.140 e. The van der Waals surface area contributed by atoms with Crippen molar-refractivity contribution < 1.29 is 4.79 Å². The summed E-state index contributed by atoms with van der Waals surface area (Å²) in [6, 6.07) is 2.07. The van der Waals surface area contributed by atoms with Crippen molar-refractivity contribution in [2.24, 2.45) is 5.92 Å². The molecule has 2 nitrogen and oxygen atoms in total. The first-order valence-electron chi connectivity index (χ1n) is 3.92. The lowest BCUT2D eigenvalue weighted by molar-refractivity contribution is -0.121. The number of carbonyl (C=O) groups is 1. The van der Waals surface area contributed by atoms with E-state index < -0.39 is 0 Å². The second kappa shape index (κ2) is 3.34. The van der Waals surface area contributed by atoms with E-state index in [2.05, 4.69) is 6.07 Å². The normalized spacial score (nSPS) is 22.5. The topological polar surface area (TPSA) is 40.9 Å². The van der Waals surface area contributed by atoms with E-state index in [1.165, 1.54) is 0 Å². The molecular weight excluding hydrogens is 138 g/mol. The highest BCUT2D eigenvalue weighted by molar-refractivity contribution is 5.84. The molecule has 0 aromatic rings. The summed E-state index contributed by atoms with van der Waals surface area (Å²) in [5, 5.41) is 8.61. The Morgan fingerprint density at radius 2 is 2.64 bits per heavy atom. The molecule has 1 aliphatic carbocycles. The van der Waals surface area contributed by atoms with Gasteiger partial charge in [0.2, 0.25) is 0 Å². The molecule has 1 atom stereocenters. The lowest BCUT2D eigenvalue weighted by Gasteiger charge is -2.05. The van der Waals surface area contributed by atoms with Gasteiger partial charge in [0, 0.05) is 12.0 Å². The minimum atomic E-state index is -0.0787. The van der Waals surface area contributed by atoms with Crippen LogP contribution < -0.4 is 0 Å². The molecule has 0 N–H and O–H groups in total. The maximum atomic E-state index is 11.2. The monoisotopic (exact) mass is 149 g/mol. The first kappa shape index (κ1) is 8.00. The van der Waals surface area contributed by atoms with Crippen molar-refractivity contribution in [1.29, 1.82) is 5.26 Å². The first-order valence-corrected chi connectivity index (χ1v) is 3.92. The molecule has 0 aliphatic heterocycles. The van der Waals surface area contributed by atoms with Gasteiger partial charge in [-0.25, -0.2) is 0 Å². The SMILES string of the molecule is CCC(=O)C1CCC=C1C#N. The maximum absolute atomic E-state index is 11.2. The number of hydrogen-bond acceptors (Lipinski definition) is 2. The predicted octanol–water partition coefficient (Wildman–Crippen LogP) is 1.83. The zero-order valence-electron chi connectivity index (χ0n) is 6.63. The van der Waals surface area contributed by atoms with E-state index in [4.69, 9.17) is 5.26 Å². The molecule has 0 heterocycles. The fourth-order valence-electron chi connectivity index (χ4n) is 1.41. The molecular formula is C9H11NO. The predicted molar refractivity (Wildman–Crippen MR) is 41.7 cm³/mol. The zero-order valence-corrected chi connectivity index (χ0v) is 6.63. The average molecular weight is 149 g/mol. The van der Waals surface area contributed by atoms with Gasteiger partial charge in [-0.1, -0.05) is 13.0 Å². The third kappa shape index (κ3) is 1.48. The number of Topliss-reactive ketones (excluding diaryl/α,β-unsaturated/α-hetero) is 1. The number of rotatable bonds is 2. The lowest BCUT2D eigenvalue weighted by atomic mass is 9.96. The number of nitriles is 1. The van der Waals surface area contributed by atoms with E-state index in [9.17, 15) is 4.79 Å². The number of ketones is 1. The summed E-state index contributed by atoms with van der Waals surface area (Å²) in [4.78, 5) is 11.2. The smallest absolute Gasteiger partial charge is 0.140 e. The largest absolute Gasteiger partial charge is 0.299 e. The molecule has 0 saturated carbocycles. The quantitative estimate of drug-likeness (QED) is 0.601. The Morgan fingerprint density at radius 1 is 1.91 bits per heavy atom. The van der Waals surface area contributed by atoms with Crippen molar-refractivity contribution in [3.63, 3.8) is 0 Å². The van der Waals surface area contributed by atoms with Gasteiger partial charge in [0.25, 0.3) is 0 Å². The van der Waals surface area contributed by atoms with Crippen LogP contribution >= 0.6 is 0 Å². The highest BCUT2D eigenvalue weighted by Gasteiger charge is 2.24. The van der Waals surface area contributed by atoms with Crippen LogP contribution in [0.15, 0.2) is 11.6 Å². The highest BCUT2D eigenvalue weighted by Crippen LogP contribution is 2.26. The molecule has 11 heavy (non-hydrogen) atoms. The Balaban J connectivity index is 2.69. The van der Waals surface area contributed by atoms with Crippen LogP contribution in [-0.4, -0.2) is 5.78 Å². The summed E-state index contributed by atoms with van der Waals surface area (Å²) in [6.45, 7) is 1.84. The number of nitrogens with zero attached hydrogens (tertiary/aromatic N) is 1. The Morgan fingerprint density at radius 3 is 3.18 bits per heavy atom. The Bertz CT molecular complexity index is 234. The van der Waals surface area contributed by atoms with Gasteiger partial charge in [-0.3, -0.25) is 4.79 Å². The third-order valence-electron chi connectivity index (χ3n) is 2.06. The molecule has 58 valence electrons. The lowest BCUT2D eigenvalue weighted by Crippen LogP contribution is -2.11. The van der Waals surface area contributed by atoms with Crippen LogP contribution in [0.2, 0.25) is 0 Å². The zero-order chi connectivity index (χ0) is 8.27. The molecule has 0 saturated heterocycles. The Hall–Kier alpha value is -1.10. The minimum Gasteiger partial charge on any atom is -0.299 e. The van der Waals surface area contributed by atoms with Gasteiger partial charge >= 0.3 is 0 Å². The molecule has 0 amide bonds. The fraction of sp³-hybridized carbons (Fsp3) is 0.556. The standard InChI is InChI=1S/C9H11NO/c1-2-9(11)8-5-3-4-7(8)6-10/h4,8H,2-3,5H2,1H3. The van der Waals surface area contributed by atoms with Gasteiger partial charge in [-0.15, -0.1) is 0 Å². The van der Waals surface area contributed by atoms with Crippen molar-refractivity contribution >= 4 is 5.78 Å². The van der Waals surface area contributed by atoms with Crippen LogP contribution in [0, 0.1) is 17.2 Å². The van der Waals surface area contributed by atoms with E-state index in [1.807, 2.05) is 13.0 Å². The van der Waals surface area contributed by atoms with Crippen LogP contribution in [-0.2, 0) is 4.79 Å². The van der Waals surface area contributed by atoms with Crippen molar-refractivity contribution in [2.45, 2.75) is 26.2 Å². The van der Waals surface area contributed by atoms with E-state index in [-0.39, 0.29) is 11.7 Å². The van der Waals surface area contributed by atoms with Crippen LogP contribution in [0.1, 0.15) is 26.2 Å². The molecule has 0 radical (unpaired) electrons. The van der Waals surface area contributed by atoms with E-state index in [0.717, 1.165) is 12.8 Å². The number of carbonyl (C=O) groups excluding carboxylic acids is 1. The van der Waals surface area contributed by atoms with Crippen LogP contribution in [0.25, 0.3) is 0 Å². The second-order valence-corrected chi connectivity index (χ2v) is 2.72. The summed E-state index contributed by atoms with van der Waals surface area (Å²) in [7, 11) is 0. The number of allylic oxidation sites excluding steroid dienone is 2. The average Bonchev–Trinajstić information content (AvgIpc) is 2.50. The van der Waals surface area contributed by atoms with E-state index in [0.29, 0.717) is 12.0 Å². The Kier molecular flexibility index (Phi) is 2.43.